The van der Waals surface area contributed by atoms with Crippen molar-refractivity contribution < 1.29 is 27.5 Å². The number of para-hydroxylation sites is 1. The molecule has 0 heterocycles. The molecule has 3 aromatic rings. The first-order valence-electron chi connectivity index (χ1n) is 11.3. The van der Waals surface area contributed by atoms with Crippen molar-refractivity contribution in [3.63, 3.8) is 0 Å². The van der Waals surface area contributed by atoms with E-state index in [-0.39, 0.29) is 33.5 Å². The Morgan fingerprint density at radius 1 is 0.917 bits per heavy atom. The van der Waals surface area contributed by atoms with Crippen LogP contribution in [-0.4, -0.2) is 47.5 Å². The Balaban J connectivity index is 1.98. The molecule has 0 aliphatic carbocycles. The maximum atomic E-state index is 13.6. The average Bonchev–Trinajstić information content (AvgIpc) is 2.90. The number of nitrogens with one attached hydrogen (secondary N) is 2. The molecule has 0 fully saturated rings. The van der Waals surface area contributed by atoms with Gasteiger partial charge >= 0.3 is 0 Å². The first-order chi connectivity index (χ1) is 17.3. The molecule has 2 N–H and O–H groups in total. The Kier molecular flexibility index (Phi) is 8.91. The molecule has 0 aliphatic rings. The molecule has 36 heavy (non-hydrogen) atoms. The lowest BCUT2D eigenvalue weighted by atomic mass is 10.1. The van der Waals surface area contributed by atoms with Crippen LogP contribution in [-0.2, 0) is 14.8 Å². The summed E-state index contributed by atoms with van der Waals surface area (Å²) in [5, 5.41) is 5.46. The summed E-state index contributed by atoms with van der Waals surface area (Å²) in [5.74, 6) is -0.299. The van der Waals surface area contributed by atoms with Crippen LogP contribution in [0.3, 0.4) is 0 Å². The van der Waals surface area contributed by atoms with E-state index in [0.29, 0.717) is 12.3 Å². The number of ether oxygens (including phenoxy) is 2. The van der Waals surface area contributed by atoms with Gasteiger partial charge in [0.2, 0.25) is 5.91 Å². The second kappa shape index (κ2) is 12.1. The zero-order valence-electron chi connectivity index (χ0n) is 20.4. The zero-order chi connectivity index (χ0) is 26.1. The number of sulfonamides is 1. The first-order valence-corrected chi connectivity index (χ1v) is 12.7. The molecule has 0 aromatic heterocycles. The number of hydrogen-bond donors (Lipinski definition) is 2. The third-order valence-corrected chi connectivity index (χ3v) is 7.03. The Bertz CT molecular complexity index is 1310. The van der Waals surface area contributed by atoms with Crippen LogP contribution in [0.25, 0.3) is 0 Å². The molecule has 2 amide bonds. The van der Waals surface area contributed by atoms with E-state index < -0.39 is 22.5 Å². The van der Waals surface area contributed by atoms with Gasteiger partial charge < -0.3 is 20.1 Å². The van der Waals surface area contributed by atoms with E-state index in [4.69, 9.17) is 9.47 Å². The summed E-state index contributed by atoms with van der Waals surface area (Å²) in [4.78, 5) is 25.7. The van der Waals surface area contributed by atoms with Crippen LogP contribution in [0.1, 0.15) is 23.7 Å². The summed E-state index contributed by atoms with van der Waals surface area (Å²) in [6, 6.07) is 19.0. The smallest absolute Gasteiger partial charge is 0.264 e. The largest absolute Gasteiger partial charge is 0.497 e. The lowest BCUT2D eigenvalue weighted by Crippen LogP contribution is -2.38. The number of methoxy groups -OCH3 is 2. The van der Waals surface area contributed by atoms with E-state index >= 15 is 0 Å². The predicted molar refractivity (Wildman–Crippen MR) is 138 cm³/mol. The highest BCUT2D eigenvalue weighted by molar-refractivity contribution is 7.92. The van der Waals surface area contributed by atoms with E-state index in [2.05, 4.69) is 10.6 Å². The molecule has 0 saturated carbocycles. The Morgan fingerprint density at radius 2 is 1.61 bits per heavy atom. The van der Waals surface area contributed by atoms with Gasteiger partial charge in [0, 0.05) is 12.6 Å². The lowest BCUT2D eigenvalue weighted by molar-refractivity contribution is -0.114. The number of carbonyl (C=O) groups excluding carboxylic acids is 2. The van der Waals surface area contributed by atoms with Crippen LogP contribution < -0.4 is 24.4 Å². The molecule has 0 atom stereocenters. The molecule has 0 unspecified atom stereocenters. The lowest BCUT2D eigenvalue weighted by Gasteiger charge is -2.26. The summed E-state index contributed by atoms with van der Waals surface area (Å²) >= 11 is 0. The zero-order valence-corrected chi connectivity index (χ0v) is 21.2. The third-order valence-electron chi connectivity index (χ3n) is 5.26. The van der Waals surface area contributed by atoms with Gasteiger partial charge in [-0.15, -0.1) is 0 Å². The maximum absolute atomic E-state index is 13.6. The summed E-state index contributed by atoms with van der Waals surface area (Å²) in [5.41, 5.74) is 0.708. The molecule has 0 radical (unpaired) electrons. The van der Waals surface area contributed by atoms with Gasteiger partial charge in [-0.25, -0.2) is 8.42 Å². The van der Waals surface area contributed by atoms with Crippen LogP contribution in [0.2, 0.25) is 0 Å². The summed E-state index contributed by atoms with van der Waals surface area (Å²) in [7, 11) is -1.28. The molecule has 9 nitrogen and oxygen atoms in total. The second-order valence-corrected chi connectivity index (χ2v) is 9.57. The topological polar surface area (TPSA) is 114 Å². The summed E-state index contributed by atoms with van der Waals surface area (Å²) in [6.45, 7) is 1.86. The number of hydrogen-bond acceptors (Lipinski definition) is 6. The van der Waals surface area contributed by atoms with E-state index in [9.17, 15) is 18.0 Å². The highest BCUT2D eigenvalue weighted by Gasteiger charge is 2.30. The van der Waals surface area contributed by atoms with Gasteiger partial charge in [0.25, 0.3) is 15.9 Å². The van der Waals surface area contributed by atoms with Gasteiger partial charge in [0.15, 0.2) is 0 Å². The molecule has 0 aliphatic heterocycles. The molecule has 0 spiro atoms. The normalized spacial score (nSPS) is 10.9. The van der Waals surface area contributed by atoms with Crippen molar-refractivity contribution in [1.29, 1.82) is 0 Å². The van der Waals surface area contributed by atoms with Crippen LogP contribution in [0.15, 0.2) is 77.7 Å². The minimum absolute atomic E-state index is 0.00927. The molecule has 190 valence electrons. The number of carbonyl (C=O) groups is 2. The monoisotopic (exact) mass is 511 g/mol. The number of benzene rings is 3. The molecule has 3 aromatic carbocycles. The number of anilines is 2. The molecule has 0 saturated heterocycles. The number of amides is 2. The second-order valence-electron chi connectivity index (χ2n) is 7.71. The van der Waals surface area contributed by atoms with E-state index in [1.54, 1.807) is 48.5 Å². The highest BCUT2D eigenvalue weighted by atomic mass is 32.2. The van der Waals surface area contributed by atoms with E-state index in [0.717, 1.165) is 10.7 Å². The highest BCUT2D eigenvalue weighted by Crippen LogP contribution is 2.35. The minimum Gasteiger partial charge on any atom is -0.497 e. The Labute approximate surface area is 211 Å². The van der Waals surface area contributed by atoms with Crippen LogP contribution in [0.5, 0.6) is 11.5 Å². The molecular weight excluding hydrogens is 482 g/mol. The quantitative estimate of drug-likeness (QED) is 0.406. The van der Waals surface area contributed by atoms with Crippen molar-refractivity contribution in [2.24, 2.45) is 0 Å². The fraction of sp³-hybridized carbons (Fsp3) is 0.231. The Morgan fingerprint density at radius 3 is 2.28 bits per heavy atom. The third kappa shape index (κ3) is 6.14. The molecule has 0 bridgehead atoms. The van der Waals surface area contributed by atoms with Crippen LogP contribution in [0.4, 0.5) is 11.4 Å². The number of nitrogens with zero attached hydrogens (tertiary/aromatic N) is 1. The van der Waals surface area contributed by atoms with Crippen molar-refractivity contribution in [2.45, 2.75) is 18.2 Å². The van der Waals surface area contributed by atoms with Crippen molar-refractivity contribution >= 4 is 33.2 Å². The number of rotatable bonds is 11. The van der Waals surface area contributed by atoms with Gasteiger partial charge in [0.1, 0.15) is 18.0 Å². The van der Waals surface area contributed by atoms with Gasteiger partial charge in [-0.2, -0.15) is 0 Å². The van der Waals surface area contributed by atoms with Gasteiger partial charge in [-0.1, -0.05) is 37.3 Å². The standard InChI is InChI=1S/C26H29N3O6S/c1-4-16-27-26(31)21-12-8-9-13-22(21)28-25(30)18-29(36(32,33)20-10-6-5-7-11-20)23-15-14-19(34-2)17-24(23)35-3/h5-15,17H,4,16,18H2,1-3H3,(H,27,31)(H,28,30). The van der Waals surface area contributed by atoms with Crippen molar-refractivity contribution in [3.8, 4) is 11.5 Å². The first kappa shape index (κ1) is 26.6. The summed E-state index contributed by atoms with van der Waals surface area (Å²) in [6.07, 6.45) is 0.760. The molecular formula is C26H29N3O6S. The summed E-state index contributed by atoms with van der Waals surface area (Å²) < 4.78 is 38.9. The Hall–Kier alpha value is -4.05. The van der Waals surface area contributed by atoms with Crippen LogP contribution in [0, 0.1) is 0 Å². The van der Waals surface area contributed by atoms with E-state index in [1.807, 2.05) is 6.92 Å². The maximum Gasteiger partial charge on any atom is 0.264 e. The average molecular weight is 512 g/mol. The fourth-order valence-electron chi connectivity index (χ4n) is 3.45. The fourth-order valence-corrected chi connectivity index (χ4v) is 4.91. The van der Waals surface area contributed by atoms with Crippen molar-refractivity contribution in [2.75, 3.05) is 36.9 Å². The molecule has 3 rings (SSSR count). The SMILES string of the molecule is CCCNC(=O)c1ccccc1NC(=O)CN(c1ccc(OC)cc1OC)S(=O)(=O)c1ccccc1. The van der Waals surface area contributed by atoms with Crippen LogP contribution >= 0.6 is 0 Å². The van der Waals surface area contributed by atoms with Crippen molar-refractivity contribution in [1.82, 2.24) is 5.32 Å². The predicted octanol–water partition coefficient (Wildman–Crippen LogP) is 3.68. The van der Waals surface area contributed by atoms with Gasteiger partial charge in [-0.05, 0) is 42.8 Å². The van der Waals surface area contributed by atoms with Gasteiger partial charge in [-0.3, -0.25) is 13.9 Å². The molecule has 10 heteroatoms. The van der Waals surface area contributed by atoms with E-state index in [1.165, 1.54) is 38.5 Å². The van der Waals surface area contributed by atoms with Gasteiger partial charge in [0.05, 0.1) is 36.1 Å². The minimum atomic E-state index is -4.16. The van der Waals surface area contributed by atoms with Crippen molar-refractivity contribution in [3.05, 3.63) is 78.4 Å².